The summed E-state index contributed by atoms with van der Waals surface area (Å²) >= 11 is 12.3. The average molecular weight is 396 g/mol. The van der Waals surface area contributed by atoms with Gasteiger partial charge in [-0.15, -0.1) is 24.8 Å². The van der Waals surface area contributed by atoms with Gasteiger partial charge in [-0.25, -0.2) is 0 Å². The first-order valence-corrected chi connectivity index (χ1v) is 7.60. The van der Waals surface area contributed by atoms with Gasteiger partial charge in [-0.1, -0.05) is 23.2 Å². The van der Waals surface area contributed by atoms with Crippen LogP contribution in [0.3, 0.4) is 0 Å². The highest BCUT2D eigenvalue weighted by Crippen LogP contribution is 2.36. The molecule has 23 heavy (non-hydrogen) atoms. The predicted molar refractivity (Wildman–Crippen MR) is 101 cm³/mol. The van der Waals surface area contributed by atoms with Crippen LogP contribution in [0.5, 0.6) is 5.75 Å². The number of hydrogen-bond donors (Lipinski definition) is 1. The largest absolute Gasteiger partial charge is 0.490 e. The molecule has 3 nitrogen and oxygen atoms in total. The molecule has 2 aromatic rings. The highest BCUT2D eigenvalue weighted by atomic mass is 35.5. The number of benzene rings is 1. The number of nitrogens with one attached hydrogen (secondary N) is 1. The molecule has 1 N–H and O–H groups in total. The summed E-state index contributed by atoms with van der Waals surface area (Å²) in [6, 6.07) is 7.33. The number of pyridine rings is 1. The van der Waals surface area contributed by atoms with Gasteiger partial charge in [0.15, 0.2) is 0 Å². The fourth-order valence-corrected chi connectivity index (χ4v) is 2.60. The topological polar surface area (TPSA) is 34.1 Å². The third-order valence-electron chi connectivity index (χ3n) is 3.85. The Morgan fingerprint density at radius 2 is 1.91 bits per heavy atom. The highest BCUT2D eigenvalue weighted by Gasteiger charge is 2.41. The number of halogens is 4. The van der Waals surface area contributed by atoms with E-state index >= 15 is 0 Å². The average Bonchev–Trinajstić information content (AvgIpc) is 3.29. The van der Waals surface area contributed by atoms with Gasteiger partial charge in [0.2, 0.25) is 0 Å². The van der Waals surface area contributed by atoms with Crippen molar-refractivity contribution in [1.29, 1.82) is 0 Å². The zero-order chi connectivity index (χ0) is 14.9. The molecule has 7 heteroatoms. The summed E-state index contributed by atoms with van der Waals surface area (Å²) in [4.78, 5) is 4.23. The molecule has 1 fully saturated rings. The van der Waals surface area contributed by atoms with E-state index in [-0.39, 0.29) is 30.4 Å². The van der Waals surface area contributed by atoms with Crippen LogP contribution in [0.1, 0.15) is 12.8 Å². The molecule has 0 unspecified atom stereocenters. The second kappa shape index (κ2) is 8.41. The third kappa shape index (κ3) is 4.88. The molecular weight excluding hydrogens is 378 g/mol. The van der Waals surface area contributed by atoms with E-state index in [1.165, 1.54) is 0 Å². The van der Waals surface area contributed by atoms with Gasteiger partial charge in [0, 0.05) is 27.4 Å². The van der Waals surface area contributed by atoms with Crippen LogP contribution < -0.4 is 10.1 Å². The number of hydrogen-bond acceptors (Lipinski definition) is 3. The van der Waals surface area contributed by atoms with Gasteiger partial charge in [-0.3, -0.25) is 4.98 Å². The van der Waals surface area contributed by atoms with Gasteiger partial charge < -0.3 is 10.1 Å². The minimum Gasteiger partial charge on any atom is -0.490 e. The van der Waals surface area contributed by atoms with Crippen LogP contribution >= 0.6 is 48.0 Å². The van der Waals surface area contributed by atoms with E-state index in [1.807, 2.05) is 19.2 Å². The molecule has 0 amide bonds. The molecule has 1 heterocycles. The zero-order valence-corrected chi connectivity index (χ0v) is 15.7. The summed E-state index contributed by atoms with van der Waals surface area (Å²) in [5, 5.41) is 4.59. The minimum atomic E-state index is 0. The summed E-state index contributed by atoms with van der Waals surface area (Å²) in [5.74, 6) is 0.741. The smallest absolute Gasteiger partial charge is 0.138 e. The molecule has 1 aromatic heterocycles. The summed E-state index contributed by atoms with van der Waals surface area (Å²) in [7, 11) is 1.97. The van der Waals surface area contributed by atoms with E-state index in [9.17, 15) is 0 Å². The van der Waals surface area contributed by atoms with Crippen LogP contribution in [-0.2, 0) is 0 Å². The van der Waals surface area contributed by atoms with E-state index in [2.05, 4.69) is 10.3 Å². The summed E-state index contributed by atoms with van der Waals surface area (Å²) in [6.45, 7) is 0.651. The maximum absolute atomic E-state index is 6.23. The lowest BCUT2D eigenvalue weighted by Gasteiger charge is -2.15. The van der Waals surface area contributed by atoms with Crippen LogP contribution in [0.2, 0.25) is 10.0 Å². The highest BCUT2D eigenvalue weighted by molar-refractivity contribution is 6.35. The Kier molecular flexibility index (Phi) is 7.43. The van der Waals surface area contributed by atoms with Gasteiger partial charge in [-0.2, -0.15) is 0 Å². The van der Waals surface area contributed by atoms with E-state index in [1.54, 1.807) is 24.5 Å². The van der Waals surface area contributed by atoms with Gasteiger partial charge in [0.05, 0.1) is 11.7 Å². The van der Waals surface area contributed by atoms with Gasteiger partial charge in [0.25, 0.3) is 0 Å². The maximum atomic E-state index is 6.23. The molecular formula is C16H18Cl4N2O. The molecule has 0 bridgehead atoms. The van der Waals surface area contributed by atoms with E-state index < -0.39 is 0 Å². The first-order chi connectivity index (χ1) is 10.1. The van der Waals surface area contributed by atoms with Crippen molar-refractivity contribution in [1.82, 2.24) is 10.3 Å². The number of likely N-dealkylation sites (N-methyl/N-ethyl adjacent to an activating group) is 1. The van der Waals surface area contributed by atoms with Crippen molar-refractivity contribution in [2.24, 2.45) is 0 Å². The lowest BCUT2D eigenvalue weighted by Crippen LogP contribution is -2.33. The normalized spacial score (nSPS) is 14.4. The molecule has 0 spiro atoms. The minimum absolute atomic E-state index is 0. The van der Waals surface area contributed by atoms with Crippen LogP contribution in [0, 0.1) is 0 Å². The Bertz CT molecular complexity index is 662. The number of aromatic nitrogens is 1. The van der Waals surface area contributed by atoms with Crippen molar-refractivity contribution in [3.63, 3.8) is 0 Å². The maximum Gasteiger partial charge on any atom is 0.138 e. The van der Waals surface area contributed by atoms with Crippen LogP contribution in [-0.4, -0.2) is 24.2 Å². The molecule has 1 aliphatic carbocycles. The second-order valence-corrected chi connectivity index (χ2v) is 6.20. The Balaban J connectivity index is 0.00000132. The number of ether oxygens (including phenoxy) is 1. The number of rotatable bonds is 5. The fourth-order valence-electron chi connectivity index (χ4n) is 2.20. The molecule has 3 rings (SSSR count). The molecule has 0 atom stereocenters. The Hall–Kier alpha value is -0.710. The zero-order valence-electron chi connectivity index (χ0n) is 12.5. The first kappa shape index (κ1) is 20.3. The van der Waals surface area contributed by atoms with E-state index in [0.29, 0.717) is 16.7 Å². The summed E-state index contributed by atoms with van der Waals surface area (Å²) in [5.41, 5.74) is 1.90. The van der Waals surface area contributed by atoms with Crippen LogP contribution in [0.4, 0.5) is 0 Å². The van der Waals surface area contributed by atoms with Crippen molar-refractivity contribution in [3.8, 4) is 16.9 Å². The van der Waals surface area contributed by atoms with Crippen molar-refractivity contribution in [2.75, 3.05) is 13.7 Å². The SMILES string of the molecule is CNC1(COc2cncc(-c3cc(Cl)ccc3Cl)c2)CC1.Cl.Cl. The molecule has 1 aromatic carbocycles. The summed E-state index contributed by atoms with van der Waals surface area (Å²) < 4.78 is 5.86. The Morgan fingerprint density at radius 1 is 1.17 bits per heavy atom. The fraction of sp³-hybridized carbons (Fsp3) is 0.312. The quantitative estimate of drug-likeness (QED) is 0.770. The summed E-state index contributed by atoms with van der Waals surface area (Å²) in [6.07, 6.45) is 5.77. The first-order valence-electron chi connectivity index (χ1n) is 6.84. The monoisotopic (exact) mass is 394 g/mol. The number of nitrogens with zero attached hydrogens (tertiary/aromatic N) is 1. The molecule has 0 aliphatic heterocycles. The van der Waals surface area contributed by atoms with Crippen LogP contribution in [0.15, 0.2) is 36.7 Å². The van der Waals surface area contributed by atoms with E-state index in [4.69, 9.17) is 27.9 Å². The Morgan fingerprint density at radius 3 is 2.57 bits per heavy atom. The molecule has 0 saturated heterocycles. The predicted octanol–water partition coefficient (Wildman–Crippen LogP) is 5.03. The van der Waals surface area contributed by atoms with E-state index in [0.717, 1.165) is 29.7 Å². The van der Waals surface area contributed by atoms with Crippen molar-refractivity contribution < 1.29 is 4.74 Å². The van der Waals surface area contributed by atoms with Gasteiger partial charge in [-0.05, 0) is 44.2 Å². The molecule has 1 saturated carbocycles. The lowest BCUT2D eigenvalue weighted by molar-refractivity contribution is 0.259. The molecule has 126 valence electrons. The van der Waals surface area contributed by atoms with Crippen molar-refractivity contribution in [3.05, 3.63) is 46.7 Å². The molecule has 1 aliphatic rings. The Labute approximate surface area is 158 Å². The third-order valence-corrected chi connectivity index (χ3v) is 4.42. The standard InChI is InChI=1S/C16H16Cl2N2O.2ClH/c1-19-16(4-5-16)10-21-13-6-11(8-20-9-13)14-7-12(17)2-3-15(14)18;;/h2-3,6-9,19H,4-5,10H2,1H3;2*1H. The van der Waals surface area contributed by atoms with Crippen molar-refractivity contribution in [2.45, 2.75) is 18.4 Å². The lowest BCUT2D eigenvalue weighted by atomic mass is 10.1. The molecule has 0 radical (unpaired) electrons. The van der Waals surface area contributed by atoms with Gasteiger partial charge >= 0.3 is 0 Å². The second-order valence-electron chi connectivity index (χ2n) is 5.35. The van der Waals surface area contributed by atoms with Crippen LogP contribution in [0.25, 0.3) is 11.1 Å². The van der Waals surface area contributed by atoms with Crippen molar-refractivity contribution >= 4 is 48.0 Å². The van der Waals surface area contributed by atoms with Gasteiger partial charge in [0.1, 0.15) is 12.4 Å².